The van der Waals surface area contributed by atoms with Crippen molar-refractivity contribution in [1.29, 1.82) is 0 Å². The summed E-state index contributed by atoms with van der Waals surface area (Å²) < 4.78 is 27.3. The fraction of sp³-hybridized carbons (Fsp3) is 0.647. The number of fused-ring (bicyclic) bond motifs is 1. The third kappa shape index (κ3) is 3.57. The van der Waals surface area contributed by atoms with Crippen molar-refractivity contribution < 1.29 is 49.2 Å². The van der Waals surface area contributed by atoms with Crippen molar-refractivity contribution in [2.75, 3.05) is 27.4 Å². The number of phenolic OH excluding ortho intramolecular Hbond substituents is 1. The van der Waals surface area contributed by atoms with Crippen molar-refractivity contribution in [1.82, 2.24) is 0 Å². The van der Waals surface area contributed by atoms with Crippen LogP contribution in [0.4, 0.5) is 0 Å². The molecule has 152 valence electrons. The predicted octanol–water partition coefficient (Wildman–Crippen LogP) is -1.33. The molecule has 2 unspecified atom stereocenters. The third-order valence-corrected chi connectivity index (χ3v) is 4.79. The first kappa shape index (κ1) is 20.1. The molecule has 2 heterocycles. The Balaban J connectivity index is 1.93. The SMILES string of the molecule is COc1cc(C2O[C@H]3[C@H](OC2CO)O[C@H](CO)[C@@H](O)[C@@H]3O)cc(OC)c1O. The van der Waals surface area contributed by atoms with E-state index in [0.717, 1.165) is 0 Å². The lowest BCUT2D eigenvalue weighted by atomic mass is 9.95. The molecule has 3 rings (SSSR count). The summed E-state index contributed by atoms with van der Waals surface area (Å²) in [7, 11) is 2.75. The number of benzene rings is 1. The maximum absolute atomic E-state index is 10.3. The summed E-state index contributed by atoms with van der Waals surface area (Å²) >= 11 is 0. The smallest absolute Gasteiger partial charge is 0.200 e. The van der Waals surface area contributed by atoms with Gasteiger partial charge in [0.15, 0.2) is 17.8 Å². The van der Waals surface area contributed by atoms with E-state index in [1.165, 1.54) is 26.4 Å². The third-order valence-electron chi connectivity index (χ3n) is 4.79. The number of methoxy groups -OCH3 is 2. The molecule has 2 saturated heterocycles. The van der Waals surface area contributed by atoms with Gasteiger partial charge in [0.2, 0.25) is 5.75 Å². The molecule has 5 N–H and O–H groups in total. The number of ether oxygens (including phenoxy) is 5. The van der Waals surface area contributed by atoms with Gasteiger partial charge >= 0.3 is 0 Å². The zero-order valence-electron chi connectivity index (χ0n) is 14.9. The molecule has 0 aliphatic carbocycles. The van der Waals surface area contributed by atoms with Crippen LogP contribution < -0.4 is 9.47 Å². The lowest BCUT2D eigenvalue weighted by Gasteiger charge is -2.48. The number of hydrogen-bond donors (Lipinski definition) is 5. The van der Waals surface area contributed by atoms with E-state index in [0.29, 0.717) is 5.56 Å². The Morgan fingerprint density at radius 1 is 0.889 bits per heavy atom. The second-order valence-corrected chi connectivity index (χ2v) is 6.36. The minimum absolute atomic E-state index is 0.132. The molecule has 10 heteroatoms. The Morgan fingerprint density at radius 2 is 1.44 bits per heavy atom. The normalized spacial score (nSPS) is 36.1. The van der Waals surface area contributed by atoms with Gasteiger partial charge in [0, 0.05) is 0 Å². The first-order valence-corrected chi connectivity index (χ1v) is 8.44. The molecule has 1 aromatic carbocycles. The monoisotopic (exact) mass is 388 g/mol. The zero-order valence-corrected chi connectivity index (χ0v) is 14.9. The fourth-order valence-corrected chi connectivity index (χ4v) is 3.32. The highest BCUT2D eigenvalue weighted by Crippen LogP contribution is 2.43. The minimum atomic E-state index is -1.37. The van der Waals surface area contributed by atoms with Crippen molar-refractivity contribution in [3.63, 3.8) is 0 Å². The van der Waals surface area contributed by atoms with Gasteiger partial charge in [0.25, 0.3) is 0 Å². The van der Waals surface area contributed by atoms with Crippen LogP contribution >= 0.6 is 0 Å². The molecule has 10 nitrogen and oxygen atoms in total. The van der Waals surface area contributed by atoms with E-state index in [9.17, 15) is 25.5 Å². The summed E-state index contributed by atoms with van der Waals surface area (Å²) in [6, 6.07) is 3.00. The van der Waals surface area contributed by atoms with Crippen LogP contribution in [0.3, 0.4) is 0 Å². The number of hydrogen-bond acceptors (Lipinski definition) is 10. The highest BCUT2D eigenvalue weighted by Gasteiger charge is 2.51. The molecule has 2 aliphatic rings. The van der Waals surface area contributed by atoms with E-state index in [4.69, 9.17) is 23.7 Å². The summed E-state index contributed by atoms with van der Waals surface area (Å²) in [5.74, 6) is 0.0707. The van der Waals surface area contributed by atoms with Gasteiger partial charge in [-0.25, -0.2) is 0 Å². The Morgan fingerprint density at radius 3 is 1.96 bits per heavy atom. The second kappa shape index (κ2) is 8.15. The first-order valence-electron chi connectivity index (χ1n) is 8.44. The lowest BCUT2D eigenvalue weighted by Crippen LogP contribution is -2.63. The highest BCUT2D eigenvalue weighted by molar-refractivity contribution is 5.53. The van der Waals surface area contributed by atoms with Crippen molar-refractivity contribution in [2.24, 2.45) is 0 Å². The quantitative estimate of drug-likeness (QED) is 0.411. The molecule has 7 atom stereocenters. The van der Waals surface area contributed by atoms with Gasteiger partial charge in [-0.2, -0.15) is 0 Å². The van der Waals surface area contributed by atoms with Gasteiger partial charge in [0.1, 0.15) is 36.6 Å². The summed E-state index contributed by atoms with van der Waals surface area (Å²) in [6.07, 6.45) is -7.63. The van der Waals surface area contributed by atoms with Crippen LogP contribution in [0.2, 0.25) is 0 Å². The number of aliphatic hydroxyl groups is 4. The standard InChI is InChI=1S/C17H24O10/c1-23-8-3-7(4-9(24-2)12(8)20)15-11(6-19)26-17-16(27-15)14(22)13(21)10(5-18)25-17/h3-4,10-11,13-22H,5-6H2,1-2H3/t10-,11?,13-,14+,15?,16-,17+/m1/s1. The predicted molar refractivity (Wildman–Crippen MR) is 88.5 cm³/mol. The van der Waals surface area contributed by atoms with Crippen LogP contribution in [-0.2, 0) is 14.2 Å². The zero-order chi connectivity index (χ0) is 19.7. The Hall–Kier alpha value is -1.66. The van der Waals surface area contributed by atoms with Crippen LogP contribution in [0.25, 0.3) is 0 Å². The summed E-state index contributed by atoms with van der Waals surface area (Å²) in [5.41, 5.74) is 0.463. The first-order chi connectivity index (χ1) is 12.9. The topological polar surface area (TPSA) is 147 Å². The number of rotatable bonds is 5. The van der Waals surface area contributed by atoms with Crippen molar-refractivity contribution in [3.8, 4) is 17.2 Å². The molecule has 0 aromatic heterocycles. The Bertz CT molecular complexity index is 628. The maximum Gasteiger partial charge on any atom is 0.200 e. The molecule has 0 bridgehead atoms. The molecule has 2 fully saturated rings. The van der Waals surface area contributed by atoms with Crippen LogP contribution in [0.5, 0.6) is 17.2 Å². The average Bonchev–Trinajstić information content (AvgIpc) is 2.69. The number of phenols is 1. The van der Waals surface area contributed by atoms with Crippen molar-refractivity contribution in [3.05, 3.63) is 17.7 Å². The number of aromatic hydroxyl groups is 1. The van der Waals surface area contributed by atoms with Crippen LogP contribution in [0.15, 0.2) is 12.1 Å². The largest absolute Gasteiger partial charge is 0.502 e. The summed E-state index contributed by atoms with van der Waals surface area (Å²) in [5, 5.41) is 49.5. The molecular weight excluding hydrogens is 364 g/mol. The molecule has 2 aliphatic heterocycles. The molecule has 0 spiro atoms. The minimum Gasteiger partial charge on any atom is -0.502 e. The molecule has 1 aromatic rings. The van der Waals surface area contributed by atoms with Gasteiger partial charge in [0.05, 0.1) is 27.4 Å². The van der Waals surface area contributed by atoms with Crippen LogP contribution in [-0.4, -0.2) is 89.8 Å². The van der Waals surface area contributed by atoms with E-state index in [1.54, 1.807) is 0 Å². The molecule has 0 radical (unpaired) electrons. The Kier molecular flexibility index (Phi) is 6.06. The van der Waals surface area contributed by atoms with Gasteiger partial charge in [-0.05, 0) is 17.7 Å². The molecular formula is C17H24O10. The van der Waals surface area contributed by atoms with Gasteiger partial charge in [-0.3, -0.25) is 0 Å². The maximum atomic E-state index is 10.3. The van der Waals surface area contributed by atoms with E-state index >= 15 is 0 Å². The van der Waals surface area contributed by atoms with E-state index < -0.39 is 56.1 Å². The van der Waals surface area contributed by atoms with E-state index in [2.05, 4.69) is 0 Å². The van der Waals surface area contributed by atoms with E-state index in [1.807, 2.05) is 0 Å². The second-order valence-electron chi connectivity index (χ2n) is 6.36. The van der Waals surface area contributed by atoms with Gasteiger partial charge in [-0.1, -0.05) is 0 Å². The number of aliphatic hydroxyl groups excluding tert-OH is 4. The molecule has 0 amide bonds. The fourth-order valence-electron chi connectivity index (χ4n) is 3.32. The van der Waals surface area contributed by atoms with Crippen LogP contribution in [0, 0.1) is 0 Å². The van der Waals surface area contributed by atoms with Gasteiger partial charge < -0.3 is 49.2 Å². The lowest BCUT2D eigenvalue weighted by molar-refractivity contribution is -0.371. The Labute approximate surface area is 155 Å². The average molecular weight is 388 g/mol. The molecule has 27 heavy (non-hydrogen) atoms. The van der Waals surface area contributed by atoms with Crippen molar-refractivity contribution in [2.45, 2.75) is 42.9 Å². The van der Waals surface area contributed by atoms with Crippen molar-refractivity contribution >= 4 is 0 Å². The summed E-state index contributed by atoms with van der Waals surface area (Å²) in [6.45, 7) is -0.935. The summed E-state index contributed by atoms with van der Waals surface area (Å²) in [4.78, 5) is 0. The van der Waals surface area contributed by atoms with Crippen LogP contribution in [0.1, 0.15) is 11.7 Å². The molecule has 0 saturated carbocycles. The van der Waals surface area contributed by atoms with E-state index in [-0.39, 0.29) is 17.2 Å². The highest BCUT2D eigenvalue weighted by atomic mass is 16.7. The van der Waals surface area contributed by atoms with Gasteiger partial charge in [-0.15, -0.1) is 0 Å².